The lowest BCUT2D eigenvalue weighted by Gasteiger charge is -2.08. The maximum Gasteiger partial charge on any atom is 0.337 e. The van der Waals surface area contributed by atoms with Gasteiger partial charge in [0.1, 0.15) is 0 Å². The number of hydrogen-bond donors (Lipinski definition) is 0. The summed E-state index contributed by atoms with van der Waals surface area (Å²) in [6, 6.07) is 18.2. The molecule has 0 aliphatic rings. The molecule has 3 rings (SSSR count). The monoisotopic (exact) mass is 291 g/mol. The molecule has 1 heterocycles. The highest BCUT2D eigenvalue weighted by atomic mass is 16.5. The van der Waals surface area contributed by atoms with Gasteiger partial charge in [-0.25, -0.2) is 4.79 Å². The van der Waals surface area contributed by atoms with Crippen molar-refractivity contribution >= 4 is 22.4 Å². The minimum Gasteiger partial charge on any atom is -0.465 e. The molecular formula is C19H17NO2. The Kier molecular flexibility index (Phi) is 3.79. The molecule has 1 aromatic heterocycles. The molecule has 3 aromatic rings. The maximum atomic E-state index is 11.6. The van der Waals surface area contributed by atoms with Gasteiger partial charge in [0.2, 0.25) is 0 Å². The number of fused-ring (bicyclic) bond motifs is 1. The highest BCUT2D eigenvalue weighted by molar-refractivity contribution is 6.16. The standard InChI is InChI=1S/C19H17NO2/c1-14(19(21)22-2)17-9-8-16-10-11-20(18(16)12-17)13-15-6-4-3-5-7-15/h3-12H,1,13H2,2H3. The van der Waals surface area contributed by atoms with Gasteiger partial charge in [0, 0.05) is 18.3 Å². The van der Waals surface area contributed by atoms with Crippen LogP contribution in [-0.2, 0) is 16.1 Å². The lowest BCUT2D eigenvalue weighted by atomic mass is 10.1. The smallest absolute Gasteiger partial charge is 0.337 e. The third kappa shape index (κ3) is 2.66. The van der Waals surface area contributed by atoms with Crippen molar-refractivity contribution in [2.24, 2.45) is 0 Å². The second kappa shape index (κ2) is 5.90. The fraction of sp³-hybridized carbons (Fsp3) is 0.105. The van der Waals surface area contributed by atoms with Crippen molar-refractivity contribution in [1.29, 1.82) is 0 Å². The first-order chi connectivity index (χ1) is 10.7. The summed E-state index contributed by atoms with van der Waals surface area (Å²) in [5, 5.41) is 1.14. The number of esters is 1. The zero-order valence-corrected chi connectivity index (χ0v) is 12.5. The van der Waals surface area contributed by atoms with Crippen molar-refractivity contribution < 1.29 is 9.53 Å². The van der Waals surface area contributed by atoms with Gasteiger partial charge in [0.15, 0.2) is 0 Å². The third-order valence-electron chi connectivity index (χ3n) is 3.75. The van der Waals surface area contributed by atoms with Crippen molar-refractivity contribution in [3.63, 3.8) is 0 Å². The zero-order chi connectivity index (χ0) is 15.5. The van der Waals surface area contributed by atoms with E-state index in [0.717, 1.165) is 23.0 Å². The predicted molar refractivity (Wildman–Crippen MR) is 88.5 cm³/mol. The number of nitrogens with zero attached hydrogens (tertiary/aromatic N) is 1. The fourth-order valence-electron chi connectivity index (χ4n) is 2.53. The van der Waals surface area contributed by atoms with Gasteiger partial charge in [-0.05, 0) is 28.6 Å². The summed E-state index contributed by atoms with van der Waals surface area (Å²) >= 11 is 0. The number of carbonyl (C=O) groups excluding carboxylic acids is 1. The summed E-state index contributed by atoms with van der Waals surface area (Å²) < 4.78 is 6.91. The van der Waals surface area contributed by atoms with E-state index in [-0.39, 0.29) is 0 Å². The summed E-state index contributed by atoms with van der Waals surface area (Å²) in [5.41, 5.74) is 3.47. The van der Waals surface area contributed by atoms with Crippen LogP contribution in [-0.4, -0.2) is 17.6 Å². The largest absolute Gasteiger partial charge is 0.465 e. The Morgan fingerprint density at radius 1 is 1.14 bits per heavy atom. The molecule has 0 aliphatic heterocycles. The van der Waals surface area contributed by atoms with Gasteiger partial charge in [-0.1, -0.05) is 49.0 Å². The van der Waals surface area contributed by atoms with E-state index in [1.807, 2.05) is 36.4 Å². The normalized spacial score (nSPS) is 10.6. The summed E-state index contributed by atoms with van der Waals surface area (Å²) in [6.45, 7) is 4.61. The maximum absolute atomic E-state index is 11.6. The quantitative estimate of drug-likeness (QED) is 0.539. The predicted octanol–water partition coefficient (Wildman–Crippen LogP) is 3.88. The van der Waals surface area contributed by atoms with E-state index in [4.69, 9.17) is 4.74 Å². The molecule has 0 bridgehead atoms. The first-order valence-corrected chi connectivity index (χ1v) is 7.09. The van der Waals surface area contributed by atoms with Crippen LogP contribution in [0.3, 0.4) is 0 Å². The zero-order valence-electron chi connectivity index (χ0n) is 12.5. The Hall–Kier alpha value is -2.81. The topological polar surface area (TPSA) is 31.2 Å². The molecule has 0 saturated heterocycles. The van der Waals surface area contributed by atoms with Crippen LogP contribution in [0.25, 0.3) is 16.5 Å². The van der Waals surface area contributed by atoms with E-state index in [1.54, 1.807) is 0 Å². The molecule has 22 heavy (non-hydrogen) atoms. The van der Waals surface area contributed by atoms with Crippen LogP contribution >= 0.6 is 0 Å². The number of methoxy groups -OCH3 is 1. The van der Waals surface area contributed by atoms with Crippen molar-refractivity contribution in [3.8, 4) is 0 Å². The SMILES string of the molecule is C=C(C(=O)OC)c1ccc2ccn(Cc3ccccc3)c2c1. The molecule has 0 saturated carbocycles. The van der Waals surface area contributed by atoms with E-state index in [2.05, 4.69) is 35.5 Å². The number of benzene rings is 2. The number of ether oxygens (including phenoxy) is 1. The molecule has 3 heteroatoms. The van der Waals surface area contributed by atoms with Gasteiger partial charge in [-0.3, -0.25) is 0 Å². The van der Waals surface area contributed by atoms with Crippen LogP contribution in [0.5, 0.6) is 0 Å². The van der Waals surface area contributed by atoms with E-state index in [0.29, 0.717) is 5.57 Å². The number of hydrogen-bond acceptors (Lipinski definition) is 2. The van der Waals surface area contributed by atoms with Gasteiger partial charge in [-0.2, -0.15) is 0 Å². The van der Waals surface area contributed by atoms with Crippen molar-refractivity contribution in [2.75, 3.05) is 7.11 Å². The van der Waals surface area contributed by atoms with Crippen LogP contribution in [0.1, 0.15) is 11.1 Å². The Balaban J connectivity index is 1.98. The van der Waals surface area contributed by atoms with Crippen LogP contribution in [0, 0.1) is 0 Å². The minimum atomic E-state index is -0.402. The van der Waals surface area contributed by atoms with Crippen molar-refractivity contribution in [2.45, 2.75) is 6.54 Å². The molecule has 0 radical (unpaired) electrons. The molecule has 0 spiro atoms. The Bertz CT molecular complexity index is 831. The van der Waals surface area contributed by atoms with E-state index >= 15 is 0 Å². The summed E-state index contributed by atoms with van der Waals surface area (Å²) in [6.07, 6.45) is 2.06. The summed E-state index contributed by atoms with van der Waals surface area (Å²) in [7, 11) is 1.37. The minimum absolute atomic E-state index is 0.372. The fourth-order valence-corrected chi connectivity index (χ4v) is 2.53. The first-order valence-electron chi connectivity index (χ1n) is 7.09. The summed E-state index contributed by atoms with van der Waals surface area (Å²) in [5.74, 6) is -0.402. The van der Waals surface area contributed by atoms with Gasteiger partial charge >= 0.3 is 5.97 Å². The van der Waals surface area contributed by atoms with E-state index < -0.39 is 5.97 Å². The highest BCUT2D eigenvalue weighted by Gasteiger charge is 2.11. The first kappa shape index (κ1) is 14.1. The average molecular weight is 291 g/mol. The molecule has 2 aromatic carbocycles. The average Bonchev–Trinajstić information content (AvgIpc) is 2.96. The van der Waals surface area contributed by atoms with Crippen molar-refractivity contribution in [1.82, 2.24) is 4.57 Å². The Morgan fingerprint density at radius 2 is 1.91 bits per heavy atom. The molecule has 0 fully saturated rings. The number of carbonyl (C=O) groups is 1. The number of rotatable bonds is 4. The van der Waals surface area contributed by atoms with Crippen LogP contribution < -0.4 is 0 Å². The van der Waals surface area contributed by atoms with Crippen LogP contribution in [0.2, 0.25) is 0 Å². The molecule has 3 nitrogen and oxygen atoms in total. The Labute approximate surface area is 129 Å². The highest BCUT2D eigenvalue weighted by Crippen LogP contribution is 2.23. The number of aromatic nitrogens is 1. The van der Waals surface area contributed by atoms with E-state index in [1.165, 1.54) is 12.7 Å². The molecule has 0 aliphatic carbocycles. The Morgan fingerprint density at radius 3 is 2.64 bits per heavy atom. The van der Waals surface area contributed by atoms with Crippen LogP contribution in [0.15, 0.2) is 67.4 Å². The van der Waals surface area contributed by atoms with Gasteiger partial charge < -0.3 is 9.30 Å². The van der Waals surface area contributed by atoms with Gasteiger partial charge in [-0.15, -0.1) is 0 Å². The van der Waals surface area contributed by atoms with Gasteiger partial charge in [0.05, 0.1) is 12.7 Å². The second-order valence-electron chi connectivity index (χ2n) is 5.17. The lowest BCUT2D eigenvalue weighted by Crippen LogP contribution is -2.03. The van der Waals surface area contributed by atoms with Crippen molar-refractivity contribution in [3.05, 3.63) is 78.5 Å². The van der Waals surface area contributed by atoms with E-state index in [9.17, 15) is 4.79 Å². The molecular weight excluding hydrogens is 274 g/mol. The summed E-state index contributed by atoms with van der Waals surface area (Å²) in [4.78, 5) is 11.6. The second-order valence-corrected chi connectivity index (χ2v) is 5.17. The third-order valence-corrected chi connectivity index (χ3v) is 3.75. The molecule has 0 amide bonds. The molecule has 110 valence electrons. The molecule has 0 N–H and O–H groups in total. The lowest BCUT2D eigenvalue weighted by molar-refractivity contribution is -0.133. The van der Waals surface area contributed by atoms with Gasteiger partial charge in [0.25, 0.3) is 0 Å². The van der Waals surface area contributed by atoms with Crippen LogP contribution in [0.4, 0.5) is 0 Å². The molecule has 0 atom stereocenters. The molecule has 0 unspecified atom stereocenters.